The number of nitro groups is 1. The van der Waals surface area contributed by atoms with Gasteiger partial charge in [0.05, 0.1) is 10.5 Å². The molecule has 150 valence electrons. The molecule has 1 N–H and O–H groups in total. The fourth-order valence-corrected chi connectivity index (χ4v) is 3.08. The highest BCUT2D eigenvalue weighted by Gasteiger charge is 2.23. The zero-order valence-corrected chi connectivity index (χ0v) is 15.7. The molecule has 9 heteroatoms. The van der Waals surface area contributed by atoms with Crippen LogP contribution in [0.25, 0.3) is 0 Å². The summed E-state index contributed by atoms with van der Waals surface area (Å²) in [6.45, 7) is 1.62. The van der Waals surface area contributed by atoms with Crippen LogP contribution >= 0.6 is 0 Å². The highest BCUT2D eigenvalue weighted by atomic mass is 16.6. The Kier molecular flexibility index (Phi) is 5.87. The van der Waals surface area contributed by atoms with Crippen LogP contribution in [0.1, 0.15) is 28.8 Å². The molecule has 0 spiro atoms. The number of hydrogen-bond donors (Lipinski definition) is 1. The molecule has 1 aliphatic rings. The van der Waals surface area contributed by atoms with E-state index in [4.69, 9.17) is 4.74 Å². The lowest BCUT2D eigenvalue weighted by molar-refractivity contribution is -0.384. The maximum Gasteiger partial charge on any atom is 0.338 e. The maximum absolute atomic E-state index is 12.3. The Morgan fingerprint density at radius 3 is 2.69 bits per heavy atom. The fraction of sp³-hybridized carbons (Fsp3) is 0.250. The van der Waals surface area contributed by atoms with Crippen LogP contribution in [0.3, 0.4) is 0 Å². The monoisotopic (exact) mass is 397 g/mol. The number of anilines is 2. The van der Waals surface area contributed by atoms with Gasteiger partial charge in [0.25, 0.3) is 11.6 Å². The minimum Gasteiger partial charge on any atom is -0.452 e. The molecule has 0 atom stereocenters. The number of nitrogens with one attached hydrogen (secondary N) is 1. The standard InChI is InChI=1S/C20H19N3O6/c1-13-5-2-8-16(23(27)28)19(13)21-17(24)12-29-20(26)14-6-3-7-15(11-14)22-10-4-9-18(22)25/h2-3,5-8,11H,4,9-10,12H2,1H3,(H,21,24). The molecule has 29 heavy (non-hydrogen) atoms. The smallest absolute Gasteiger partial charge is 0.338 e. The number of carbonyl (C=O) groups excluding carboxylic acids is 3. The van der Waals surface area contributed by atoms with Gasteiger partial charge in [-0.2, -0.15) is 0 Å². The predicted molar refractivity (Wildman–Crippen MR) is 105 cm³/mol. The Morgan fingerprint density at radius 2 is 2.00 bits per heavy atom. The van der Waals surface area contributed by atoms with Crippen LogP contribution in [-0.4, -0.2) is 35.9 Å². The highest BCUT2D eigenvalue weighted by Crippen LogP contribution is 2.27. The van der Waals surface area contributed by atoms with Crippen molar-refractivity contribution in [2.45, 2.75) is 19.8 Å². The molecule has 2 amide bonds. The molecule has 2 aromatic rings. The molecule has 0 saturated carbocycles. The highest BCUT2D eigenvalue weighted by molar-refractivity contribution is 5.99. The van der Waals surface area contributed by atoms with E-state index in [1.165, 1.54) is 24.3 Å². The van der Waals surface area contributed by atoms with E-state index in [2.05, 4.69) is 5.32 Å². The van der Waals surface area contributed by atoms with Crippen LogP contribution in [0, 0.1) is 17.0 Å². The van der Waals surface area contributed by atoms with Gasteiger partial charge >= 0.3 is 5.97 Å². The molecule has 0 unspecified atom stereocenters. The number of esters is 1. The van der Waals surface area contributed by atoms with Gasteiger partial charge in [-0.25, -0.2) is 4.79 Å². The molecule has 0 bridgehead atoms. The maximum atomic E-state index is 12.3. The molecular weight excluding hydrogens is 378 g/mol. The van der Waals surface area contributed by atoms with Gasteiger partial charge in [0.2, 0.25) is 5.91 Å². The molecule has 0 aromatic heterocycles. The summed E-state index contributed by atoms with van der Waals surface area (Å²) in [6, 6.07) is 10.8. The lowest BCUT2D eigenvalue weighted by Crippen LogP contribution is -2.24. The summed E-state index contributed by atoms with van der Waals surface area (Å²) >= 11 is 0. The topological polar surface area (TPSA) is 119 Å². The molecule has 3 rings (SSSR count). The van der Waals surface area contributed by atoms with Crippen molar-refractivity contribution < 1.29 is 24.0 Å². The largest absolute Gasteiger partial charge is 0.452 e. The molecule has 9 nitrogen and oxygen atoms in total. The first-order valence-electron chi connectivity index (χ1n) is 8.98. The van der Waals surface area contributed by atoms with Crippen molar-refractivity contribution in [1.29, 1.82) is 0 Å². The number of para-hydroxylation sites is 1. The van der Waals surface area contributed by atoms with Crippen molar-refractivity contribution in [3.8, 4) is 0 Å². The minimum absolute atomic E-state index is 0.00489. The summed E-state index contributed by atoms with van der Waals surface area (Å²) in [5, 5.41) is 13.5. The first-order chi connectivity index (χ1) is 13.9. The summed E-state index contributed by atoms with van der Waals surface area (Å²) in [5.41, 5.74) is 1.14. The molecule has 1 heterocycles. The second-order valence-electron chi connectivity index (χ2n) is 6.55. The predicted octanol–water partition coefficient (Wildman–Crippen LogP) is 2.83. The average molecular weight is 397 g/mol. The zero-order valence-electron chi connectivity index (χ0n) is 15.7. The second kappa shape index (κ2) is 8.51. The van der Waals surface area contributed by atoms with E-state index in [0.29, 0.717) is 24.2 Å². The van der Waals surface area contributed by atoms with Crippen LogP contribution in [0.15, 0.2) is 42.5 Å². The number of amides is 2. The second-order valence-corrected chi connectivity index (χ2v) is 6.55. The molecule has 0 aliphatic carbocycles. The van der Waals surface area contributed by atoms with E-state index in [1.807, 2.05) is 0 Å². The average Bonchev–Trinajstić information content (AvgIpc) is 3.13. The molecular formula is C20H19N3O6. The van der Waals surface area contributed by atoms with E-state index in [0.717, 1.165) is 6.42 Å². The van der Waals surface area contributed by atoms with Gasteiger partial charge in [-0.15, -0.1) is 0 Å². The van der Waals surface area contributed by atoms with Gasteiger partial charge < -0.3 is 15.0 Å². The van der Waals surface area contributed by atoms with Gasteiger partial charge in [0.1, 0.15) is 5.69 Å². The summed E-state index contributed by atoms with van der Waals surface area (Å²) in [5.74, 6) is -1.43. The number of hydrogen-bond acceptors (Lipinski definition) is 6. The minimum atomic E-state index is -0.729. The Bertz CT molecular complexity index is 988. The number of nitrogens with zero attached hydrogens (tertiary/aromatic N) is 2. The first kappa shape index (κ1) is 20.0. The third-order valence-corrected chi connectivity index (χ3v) is 4.51. The van der Waals surface area contributed by atoms with Gasteiger partial charge in [-0.3, -0.25) is 19.7 Å². The normalized spacial score (nSPS) is 13.3. The van der Waals surface area contributed by atoms with Crippen molar-refractivity contribution in [1.82, 2.24) is 0 Å². The van der Waals surface area contributed by atoms with Crippen molar-refractivity contribution in [2.75, 3.05) is 23.4 Å². The third kappa shape index (κ3) is 4.57. The Labute approximate surface area is 166 Å². The molecule has 1 saturated heterocycles. The van der Waals surface area contributed by atoms with Crippen molar-refractivity contribution in [2.24, 2.45) is 0 Å². The SMILES string of the molecule is Cc1cccc([N+](=O)[O-])c1NC(=O)COC(=O)c1cccc(N2CCCC2=O)c1. The number of carbonyl (C=O) groups is 3. The lowest BCUT2D eigenvalue weighted by Gasteiger charge is -2.16. The van der Waals surface area contributed by atoms with Gasteiger partial charge in [-0.1, -0.05) is 18.2 Å². The van der Waals surface area contributed by atoms with E-state index >= 15 is 0 Å². The number of rotatable bonds is 6. The summed E-state index contributed by atoms with van der Waals surface area (Å²) in [6.07, 6.45) is 1.23. The Balaban J connectivity index is 1.64. The van der Waals surface area contributed by atoms with E-state index in [-0.39, 0.29) is 22.8 Å². The first-order valence-corrected chi connectivity index (χ1v) is 8.98. The zero-order chi connectivity index (χ0) is 21.0. The number of nitro benzene ring substituents is 1. The number of ether oxygens (including phenoxy) is 1. The lowest BCUT2D eigenvalue weighted by atomic mass is 10.1. The van der Waals surface area contributed by atoms with Crippen LogP contribution in [0.2, 0.25) is 0 Å². The number of benzene rings is 2. The van der Waals surface area contributed by atoms with Crippen LogP contribution in [0.5, 0.6) is 0 Å². The van der Waals surface area contributed by atoms with Crippen molar-refractivity contribution in [3.05, 3.63) is 63.7 Å². The Hall–Kier alpha value is -3.75. The van der Waals surface area contributed by atoms with Gasteiger partial charge in [0.15, 0.2) is 6.61 Å². The molecule has 1 aliphatic heterocycles. The van der Waals surface area contributed by atoms with Gasteiger partial charge in [0, 0.05) is 24.7 Å². The summed E-state index contributed by atoms with van der Waals surface area (Å²) in [7, 11) is 0. The van der Waals surface area contributed by atoms with Crippen LogP contribution in [-0.2, 0) is 14.3 Å². The van der Waals surface area contributed by atoms with E-state index in [9.17, 15) is 24.5 Å². The van der Waals surface area contributed by atoms with Gasteiger partial charge in [-0.05, 0) is 37.1 Å². The van der Waals surface area contributed by atoms with Crippen molar-refractivity contribution >= 4 is 34.8 Å². The fourth-order valence-electron chi connectivity index (χ4n) is 3.08. The number of aryl methyl sites for hydroxylation is 1. The van der Waals surface area contributed by atoms with E-state index < -0.39 is 23.4 Å². The Morgan fingerprint density at radius 1 is 1.24 bits per heavy atom. The molecule has 1 fully saturated rings. The van der Waals surface area contributed by atoms with Crippen molar-refractivity contribution in [3.63, 3.8) is 0 Å². The molecule has 2 aromatic carbocycles. The quantitative estimate of drug-likeness (QED) is 0.455. The summed E-state index contributed by atoms with van der Waals surface area (Å²) < 4.78 is 5.02. The summed E-state index contributed by atoms with van der Waals surface area (Å²) in [4.78, 5) is 48.4. The van der Waals surface area contributed by atoms with Crippen LogP contribution < -0.4 is 10.2 Å². The van der Waals surface area contributed by atoms with E-state index in [1.54, 1.807) is 30.0 Å². The third-order valence-electron chi connectivity index (χ3n) is 4.51. The molecule has 0 radical (unpaired) electrons. The van der Waals surface area contributed by atoms with Crippen LogP contribution in [0.4, 0.5) is 17.1 Å².